The smallest absolute Gasteiger partial charge is 2.00 e. The van der Waals surface area contributed by atoms with Crippen molar-refractivity contribution in [2.45, 2.75) is 0 Å². The van der Waals surface area contributed by atoms with Gasteiger partial charge in [-0.3, -0.25) is 0 Å². The molecular formula is AlCrO5P+. The average molecular weight is 190 g/mol. The summed E-state index contributed by atoms with van der Waals surface area (Å²) in [6.45, 7) is 0. The molecule has 0 fully saturated rings. The van der Waals surface area contributed by atoms with Gasteiger partial charge >= 0.3 is 34.7 Å². The predicted molar refractivity (Wildman–Crippen MR) is 14.0 cm³/mol. The van der Waals surface area contributed by atoms with Crippen LogP contribution < -0.4 is 14.7 Å². The maximum absolute atomic E-state index is 8.55. The fourth-order valence-electron chi connectivity index (χ4n) is 0. The molecule has 0 atom stereocenters. The summed E-state index contributed by atoms with van der Waals surface area (Å²) in [6.07, 6.45) is 0. The Morgan fingerprint density at radius 2 is 1.12 bits per heavy atom. The molecule has 0 aromatic rings. The molecule has 43 valence electrons. The third kappa shape index (κ3) is 208. The number of rotatable bonds is 0. The van der Waals surface area contributed by atoms with Crippen molar-refractivity contribution in [3.63, 3.8) is 0 Å². The van der Waals surface area contributed by atoms with Gasteiger partial charge in [-0.15, -0.1) is 0 Å². The summed E-state index contributed by atoms with van der Waals surface area (Å²) in [5.41, 5.74) is 0. The Hall–Kier alpha value is 1.13. The van der Waals surface area contributed by atoms with Crippen LogP contribution in [0.15, 0.2) is 0 Å². The molecule has 5 nitrogen and oxygen atoms in total. The molecule has 0 saturated carbocycles. The Labute approximate surface area is 67.5 Å². The first-order valence-corrected chi connectivity index (χ1v) is 2.19. The van der Waals surface area contributed by atoms with Crippen molar-refractivity contribution in [3.8, 4) is 0 Å². The van der Waals surface area contributed by atoms with E-state index in [1.165, 1.54) is 0 Å². The average Bonchev–Trinajstić information content (AvgIpc) is 0.722. The van der Waals surface area contributed by atoms with Crippen molar-refractivity contribution in [1.82, 2.24) is 0 Å². The van der Waals surface area contributed by atoms with Gasteiger partial charge in [0, 0.05) is 0 Å². The molecule has 8 heavy (non-hydrogen) atoms. The maximum atomic E-state index is 8.55. The Morgan fingerprint density at radius 1 is 1.12 bits per heavy atom. The van der Waals surface area contributed by atoms with E-state index >= 15 is 0 Å². The van der Waals surface area contributed by atoms with Crippen molar-refractivity contribution in [2.24, 2.45) is 0 Å². The normalized spacial score (nSPS) is 7.38. The fourth-order valence-corrected chi connectivity index (χ4v) is 0. The molecule has 0 N–H and O–H groups in total. The van der Waals surface area contributed by atoms with Crippen molar-refractivity contribution >= 4 is 25.2 Å². The van der Waals surface area contributed by atoms with Gasteiger partial charge in [-0.25, -0.2) is 0 Å². The first-order chi connectivity index (χ1) is 2.00. The standard InChI is InChI=1S/Al.Cr.H3O4P.O/c;;1-5(2,3)4;/h;;(H3,1,2,3,4);/q2*+3;;-2/p-3. The van der Waals surface area contributed by atoms with Gasteiger partial charge in [0.2, 0.25) is 0 Å². The largest absolute Gasteiger partial charge is 3.00 e. The molecule has 1 radical (unpaired) electrons. The van der Waals surface area contributed by atoms with E-state index in [0.717, 1.165) is 0 Å². The van der Waals surface area contributed by atoms with Crippen LogP contribution in [0, 0.1) is 0 Å². The summed E-state index contributed by atoms with van der Waals surface area (Å²) in [5, 5.41) is 0. The molecular weight excluding hydrogens is 190 g/mol. The van der Waals surface area contributed by atoms with E-state index in [4.69, 9.17) is 19.2 Å². The van der Waals surface area contributed by atoms with Crippen molar-refractivity contribution in [1.29, 1.82) is 0 Å². The van der Waals surface area contributed by atoms with Gasteiger partial charge in [-0.2, -0.15) is 7.82 Å². The molecule has 0 amide bonds. The van der Waals surface area contributed by atoms with Gasteiger partial charge in [0.1, 0.15) is 0 Å². The Balaban J connectivity index is -0.0000000267. The second-order valence-electron chi connectivity index (χ2n) is 0.447. The van der Waals surface area contributed by atoms with Gasteiger partial charge in [0.15, 0.2) is 0 Å². The summed E-state index contributed by atoms with van der Waals surface area (Å²) in [4.78, 5) is 25.6. The van der Waals surface area contributed by atoms with Gasteiger partial charge in [-0.1, -0.05) is 0 Å². The number of hydrogen-bond acceptors (Lipinski definition) is 4. The minimum Gasteiger partial charge on any atom is -2.00 e. The summed E-state index contributed by atoms with van der Waals surface area (Å²) >= 11 is 0. The Bertz CT molecular complexity index is 58.6. The summed E-state index contributed by atoms with van der Waals surface area (Å²) in [7, 11) is -5.39. The second-order valence-corrected chi connectivity index (χ2v) is 1.34. The van der Waals surface area contributed by atoms with Crippen molar-refractivity contribution in [3.05, 3.63) is 0 Å². The molecule has 0 aromatic heterocycles. The zero-order valence-corrected chi connectivity index (χ0v) is 6.80. The van der Waals surface area contributed by atoms with E-state index < -0.39 is 7.82 Å². The van der Waals surface area contributed by atoms with E-state index in [0.29, 0.717) is 0 Å². The number of hydrogen-bond donors (Lipinski definition) is 0. The predicted octanol–water partition coefficient (Wildman–Crippen LogP) is -3.33. The Kier molecular flexibility index (Phi) is 23.3. The van der Waals surface area contributed by atoms with Crippen LogP contribution in [-0.2, 0) is 27.4 Å². The summed E-state index contributed by atoms with van der Waals surface area (Å²) < 4.78 is 8.55. The third-order valence-electron chi connectivity index (χ3n) is 0. The maximum Gasteiger partial charge on any atom is 3.00 e. The first-order valence-electron chi connectivity index (χ1n) is 0.730. The second kappa shape index (κ2) is 8.13. The van der Waals surface area contributed by atoms with Crippen LogP contribution in [0.3, 0.4) is 0 Å². The first kappa shape index (κ1) is 22.9. The van der Waals surface area contributed by atoms with E-state index in [1.54, 1.807) is 0 Å². The molecule has 0 rings (SSSR count). The van der Waals surface area contributed by atoms with Crippen molar-refractivity contribution < 1.29 is 42.1 Å². The SMILES string of the molecule is O=P([O-])([O-])[O-].[Al+3].[Cr+3].[O-2]. The van der Waals surface area contributed by atoms with Gasteiger partial charge in [0.05, 0.1) is 0 Å². The van der Waals surface area contributed by atoms with E-state index in [2.05, 4.69) is 0 Å². The molecule has 0 aliphatic heterocycles. The zero-order chi connectivity index (χ0) is 4.50. The molecule has 0 aliphatic carbocycles. The third-order valence-corrected chi connectivity index (χ3v) is 0. The topological polar surface area (TPSA) is 115 Å². The van der Waals surface area contributed by atoms with Crippen LogP contribution in [0.25, 0.3) is 0 Å². The monoisotopic (exact) mass is 190 g/mol. The minimum absolute atomic E-state index is 0. The number of phosphoric acid groups is 1. The minimum atomic E-state index is -5.39. The van der Waals surface area contributed by atoms with E-state index in [1.807, 2.05) is 0 Å². The molecule has 0 aliphatic rings. The van der Waals surface area contributed by atoms with Crippen LogP contribution in [0.5, 0.6) is 0 Å². The molecule has 0 heterocycles. The fraction of sp³-hybridized carbons (Fsp3) is 0. The Morgan fingerprint density at radius 3 is 1.12 bits per heavy atom. The van der Waals surface area contributed by atoms with Crippen LogP contribution >= 0.6 is 7.82 Å². The molecule has 0 aromatic carbocycles. The van der Waals surface area contributed by atoms with E-state index in [-0.39, 0.29) is 40.2 Å². The van der Waals surface area contributed by atoms with Crippen LogP contribution in [0.4, 0.5) is 0 Å². The van der Waals surface area contributed by atoms with Crippen LogP contribution in [0.2, 0.25) is 0 Å². The zero-order valence-electron chi connectivity index (χ0n) is 3.47. The van der Waals surface area contributed by atoms with Crippen molar-refractivity contribution in [2.75, 3.05) is 0 Å². The van der Waals surface area contributed by atoms with Crippen LogP contribution in [-0.4, -0.2) is 17.4 Å². The molecule has 0 unspecified atom stereocenters. The van der Waals surface area contributed by atoms with Crippen LogP contribution in [0.1, 0.15) is 0 Å². The molecule has 0 saturated heterocycles. The van der Waals surface area contributed by atoms with E-state index in [9.17, 15) is 0 Å². The summed E-state index contributed by atoms with van der Waals surface area (Å²) in [5.74, 6) is 0. The molecule has 0 spiro atoms. The van der Waals surface area contributed by atoms with Gasteiger partial charge in [0.25, 0.3) is 0 Å². The van der Waals surface area contributed by atoms with Gasteiger partial charge < -0.3 is 24.7 Å². The quantitative estimate of drug-likeness (QED) is 0.293. The molecule has 0 bridgehead atoms. The summed E-state index contributed by atoms with van der Waals surface area (Å²) in [6, 6.07) is 0. The van der Waals surface area contributed by atoms with Gasteiger partial charge in [-0.05, 0) is 0 Å². The molecule has 8 heteroatoms.